The number of thiazole rings is 1. The van der Waals surface area contributed by atoms with Gasteiger partial charge in [-0.1, -0.05) is 11.3 Å². The number of nitrogen functional groups attached to an aromatic ring is 1. The van der Waals surface area contributed by atoms with Gasteiger partial charge in [0.05, 0.1) is 30.1 Å². The average Bonchev–Trinajstić information content (AvgIpc) is 2.58. The number of anilines is 1. The summed E-state index contributed by atoms with van der Waals surface area (Å²) in [6, 6.07) is 3.65. The Morgan fingerprint density at radius 1 is 1.29 bits per heavy atom. The first-order valence-electron chi connectivity index (χ1n) is 4.02. The molecule has 0 radical (unpaired) electrons. The molecular formula is C9H10N2O2S. The molecule has 0 unspecified atom stereocenters. The largest absolute Gasteiger partial charge is 0.495 e. The zero-order valence-corrected chi connectivity index (χ0v) is 8.72. The second kappa shape index (κ2) is 3.34. The lowest BCUT2D eigenvalue weighted by Gasteiger charge is -2.02. The van der Waals surface area contributed by atoms with Gasteiger partial charge in [-0.3, -0.25) is 0 Å². The highest BCUT2D eigenvalue weighted by atomic mass is 32.1. The van der Waals surface area contributed by atoms with E-state index < -0.39 is 0 Å². The highest BCUT2D eigenvalue weighted by Crippen LogP contribution is 2.33. The number of rotatable bonds is 2. The molecule has 0 aliphatic carbocycles. The Bertz CT molecular complexity index is 467. The molecule has 4 nitrogen and oxygen atoms in total. The summed E-state index contributed by atoms with van der Waals surface area (Å²) < 4.78 is 11.1. The maximum Gasteiger partial charge on any atom is 0.274 e. The minimum Gasteiger partial charge on any atom is -0.495 e. The van der Waals surface area contributed by atoms with Gasteiger partial charge in [-0.25, -0.2) is 4.98 Å². The number of hydrogen-bond acceptors (Lipinski definition) is 5. The first-order valence-corrected chi connectivity index (χ1v) is 4.84. The molecule has 0 spiro atoms. The van der Waals surface area contributed by atoms with Gasteiger partial charge in [-0.2, -0.15) is 0 Å². The average molecular weight is 210 g/mol. The summed E-state index contributed by atoms with van der Waals surface area (Å²) in [4.78, 5) is 4.24. The molecule has 1 aromatic heterocycles. The highest BCUT2D eigenvalue weighted by molar-refractivity contribution is 7.20. The van der Waals surface area contributed by atoms with Crippen molar-refractivity contribution in [3.05, 3.63) is 12.1 Å². The van der Waals surface area contributed by atoms with Gasteiger partial charge in [0.25, 0.3) is 5.19 Å². The second-order valence-corrected chi connectivity index (χ2v) is 3.74. The Morgan fingerprint density at radius 2 is 2.07 bits per heavy atom. The number of aromatic nitrogens is 1. The number of nitrogens with zero attached hydrogens (tertiary/aromatic N) is 1. The molecule has 0 aliphatic heterocycles. The minimum absolute atomic E-state index is 0.617. The lowest BCUT2D eigenvalue weighted by atomic mass is 10.3. The van der Waals surface area contributed by atoms with E-state index in [1.807, 2.05) is 12.1 Å². The SMILES string of the molecule is COc1nc2cc(OC)c(N)cc2s1. The van der Waals surface area contributed by atoms with Crippen LogP contribution in [-0.4, -0.2) is 19.2 Å². The van der Waals surface area contributed by atoms with E-state index in [1.165, 1.54) is 11.3 Å². The molecule has 0 amide bonds. The molecular weight excluding hydrogens is 200 g/mol. The van der Waals surface area contributed by atoms with Gasteiger partial charge < -0.3 is 15.2 Å². The van der Waals surface area contributed by atoms with Crippen molar-refractivity contribution < 1.29 is 9.47 Å². The normalized spacial score (nSPS) is 10.4. The number of ether oxygens (including phenoxy) is 2. The molecule has 0 atom stereocenters. The van der Waals surface area contributed by atoms with Gasteiger partial charge >= 0.3 is 0 Å². The van der Waals surface area contributed by atoms with Crippen molar-refractivity contribution in [2.75, 3.05) is 20.0 Å². The molecule has 0 saturated carbocycles. The van der Waals surface area contributed by atoms with Crippen molar-refractivity contribution in [1.82, 2.24) is 4.98 Å². The van der Waals surface area contributed by atoms with Crippen LogP contribution >= 0.6 is 11.3 Å². The van der Waals surface area contributed by atoms with Gasteiger partial charge in [0, 0.05) is 6.07 Å². The summed E-state index contributed by atoms with van der Waals surface area (Å²) in [5.74, 6) is 0.644. The van der Waals surface area contributed by atoms with Crippen LogP contribution in [0.3, 0.4) is 0 Å². The Hall–Kier alpha value is -1.49. The molecule has 2 aromatic rings. The van der Waals surface area contributed by atoms with Crippen LogP contribution < -0.4 is 15.2 Å². The van der Waals surface area contributed by atoms with Gasteiger partial charge in [0.15, 0.2) is 0 Å². The fourth-order valence-electron chi connectivity index (χ4n) is 1.21. The highest BCUT2D eigenvalue weighted by Gasteiger charge is 2.07. The number of fused-ring (bicyclic) bond motifs is 1. The molecule has 0 saturated heterocycles. The first kappa shape index (κ1) is 9.08. The molecule has 0 fully saturated rings. The Morgan fingerprint density at radius 3 is 2.71 bits per heavy atom. The van der Waals surface area contributed by atoms with E-state index in [1.54, 1.807) is 14.2 Å². The van der Waals surface area contributed by atoms with Crippen molar-refractivity contribution in [3.8, 4) is 10.9 Å². The minimum atomic E-state index is 0.617. The molecule has 0 bridgehead atoms. The third kappa shape index (κ3) is 1.35. The Labute approximate surface area is 85.3 Å². The molecule has 74 valence electrons. The monoisotopic (exact) mass is 210 g/mol. The summed E-state index contributed by atoms with van der Waals surface area (Å²) in [5, 5.41) is 0.632. The van der Waals surface area contributed by atoms with Gasteiger partial charge in [0.1, 0.15) is 5.75 Å². The maximum atomic E-state index is 5.76. The Kier molecular flexibility index (Phi) is 2.17. The Balaban J connectivity index is 2.64. The lowest BCUT2D eigenvalue weighted by molar-refractivity contribution is 0.412. The van der Waals surface area contributed by atoms with Crippen molar-refractivity contribution in [3.63, 3.8) is 0 Å². The molecule has 0 aliphatic rings. The van der Waals surface area contributed by atoms with E-state index in [9.17, 15) is 0 Å². The summed E-state index contributed by atoms with van der Waals surface area (Å²) in [5.41, 5.74) is 7.22. The van der Waals surface area contributed by atoms with Crippen LogP contribution in [-0.2, 0) is 0 Å². The predicted molar refractivity (Wildman–Crippen MR) is 57.1 cm³/mol. The van der Waals surface area contributed by atoms with Crippen molar-refractivity contribution >= 4 is 27.2 Å². The summed E-state index contributed by atoms with van der Waals surface area (Å²) >= 11 is 1.46. The third-order valence-corrected chi connectivity index (χ3v) is 2.87. The number of nitrogens with two attached hydrogens (primary N) is 1. The molecule has 1 aromatic carbocycles. The van der Waals surface area contributed by atoms with E-state index in [-0.39, 0.29) is 0 Å². The lowest BCUT2D eigenvalue weighted by Crippen LogP contribution is -1.91. The number of hydrogen-bond donors (Lipinski definition) is 1. The summed E-state index contributed by atoms with van der Waals surface area (Å²) in [6.07, 6.45) is 0. The van der Waals surface area contributed by atoms with Crippen LogP contribution in [0.25, 0.3) is 10.2 Å². The van der Waals surface area contributed by atoms with Crippen LogP contribution in [0, 0.1) is 0 Å². The first-order chi connectivity index (χ1) is 6.74. The second-order valence-electron chi connectivity index (χ2n) is 2.75. The van der Waals surface area contributed by atoms with E-state index >= 15 is 0 Å². The number of benzene rings is 1. The smallest absolute Gasteiger partial charge is 0.274 e. The van der Waals surface area contributed by atoms with Crippen LogP contribution in [0.4, 0.5) is 5.69 Å². The zero-order valence-electron chi connectivity index (χ0n) is 7.90. The molecule has 1 heterocycles. The van der Waals surface area contributed by atoms with Gasteiger partial charge in [0.2, 0.25) is 0 Å². The van der Waals surface area contributed by atoms with Crippen LogP contribution in [0.5, 0.6) is 10.9 Å². The molecule has 14 heavy (non-hydrogen) atoms. The quantitative estimate of drug-likeness (QED) is 0.769. The molecule has 5 heteroatoms. The van der Waals surface area contributed by atoms with Crippen molar-refractivity contribution in [1.29, 1.82) is 0 Å². The van der Waals surface area contributed by atoms with E-state index in [0.717, 1.165) is 10.2 Å². The van der Waals surface area contributed by atoms with Crippen molar-refractivity contribution in [2.24, 2.45) is 0 Å². The topological polar surface area (TPSA) is 57.4 Å². The van der Waals surface area contributed by atoms with E-state index in [4.69, 9.17) is 15.2 Å². The van der Waals surface area contributed by atoms with E-state index in [2.05, 4.69) is 4.98 Å². The number of methoxy groups -OCH3 is 2. The summed E-state index contributed by atoms with van der Waals surface area (Å²) in [7, 11) is 3.18. The molecule has 2 N–H and O–H groups in total. The van der Waals surface area contributed by atoms with Crippen LogP contribution in [0.1, 0.15) is 0 Å². The van der Waals surface area contributed by atoms with E-state index in [0.29, 0.717) is 16.6 Å². The zero-order chi connectivity index (χ0) is 10.1. The predicted octanol–water partition coefficient (Wildman–Crippen LogP) is 1.90. The summed E-state index contributed by atoms with van der Waals surface area (Å²) in [6.45, 7) is 0. The standard InChI is InChI=1S/C9H10N2O2S/c1-12-7-4-6-8(3-5(7)10)14-9(11-6)13-2/h3-4H,10H2,1-2H3. The van der Waals surface area contributed by atoms with Crippen LogP contribution in [0.15, 0.2) is 12.1 Å². The maximum absolute atomic E-state index is 5.76. The fourth-order valence-corrected chi connectivity index (χ4v) is 2.02. The fraction of sp³-hybridized carbons (Fsp3) is 0.222. The third-order valence-electron chi connectivity index (χ3n) is 1.89. The van der Waals surface area contributed by atoms with Gasteiger partial charge in [-0.05, 0) is 6.07 Å². The van der Waals surface area contributed by atoms with Crippen molar-refractivity contribution in [2.45, 2.75) is 0 Å². The van der Waals surface area contributed by atoms with Crippen LogP contribution in [0.2, 0.25) is 0 Å². The van der Waals surface area contributed by atoms with Gasteiger partial charge in [-0.15, -0.1) is 0 Å². The molecule has 2 rings (SSSR count).